The van der Waals surface area contributed by atoms with Crippen LogP contribution in [0.5, 0.6) is 0 Å². The summed E-state index contributed by atoms with van der Waals surface area (Å²) in [5.41, 5.74) is 1.71. The Labute approximate surface area is 173 Å². The third-order valence-electron chi connectivity index (χ3n) is 9.11. The van der Waals surface area contributed by atoms with Crippen LogP contribution in [0.15, 0.2) is 11.6 Å². The van der Waals surface area contributed by atoms with E-state index in [4.69, 9.17) is 9.47 Å². The molecule has 1 unspecified atom stereocenters. The van der Waals surface area contributed by atoms with Crippen LogP contribution in [0.25, 0.3) is 0 Å². The normalized spacial score (nSPS) is 43.3. The van der Waals surface area contributed by atoms with E-state index < -0.39 is 0 Å². The largest absolute Gasteiger partial charge is 0.464 e. The number of hydrogen-bond acceptors (Lipinski definition) is 5. The summed E-state index contributed by atoms with van der Waals surface area (Å²) in [4.78, 5) is 34.7. The number of fused-ring (bicyclic) bond motifs is 5. The summed E-state index contributed by atoms with van der Waals surface area (Å²) >= 11 is 0. The molecule has 0 heterocycles. The molecule has 0 aliphatic heterocycles. The first kappa shape index (κ1) is 20.6. The van der Waals surface area contributed by atoms with E-state index >= 15 is 0 Å². The Balaban J connectivity index is 1.53. The van der Waals surface area contributed by atoms with Gasteiger partial charge in [0.15, 0.2) is 5.78 Å². The van der Waals surface area contributed by atoms with Crippen LogP contribution in [0.4, 0.5) is 0 Å². The van der Waals surface area contributed by atoms with Crippen molar-refractivity contribution in [3.05, 3.63) is 11.6 Å². The van der Waals surface area contributed by atoms with Crippen LogP contribution in [0.3, 0.4) is 0 Å². The first-order valence-electron chi connectivity index (χ1n) is 11.2. The fourth-order valence-corrected chi connectivity index (χ4v) is 7.62. The maximum atomic E-state index is 12.8. The number of carbonyl (C=O) groups is 3. The smallest absolute Gasteiger partial charge is 0.303 e. The van der Waals surface area contributed by atoms with Crippen molar-refractivity contribution < 1.29 is 23.9 Å². The fourth-order valence-electron chi connectivity index (χ4n) is 7.62. The molecule has 4 rings (SSSR count). The van der Waals surface area contributed by atoms with E-state index in [-0.39, 0.29) is 41.2 Å². The Morgan fingerprint density at radius 3 is 2.66 bits per heavy atom. The summed E-state index contributed by atoms with van der Waals surface area (Å²) in [5, 5.41) is 0. The fraction of sp³-hybridized carbons (Fsp3) is 0.792. The van der Waals surface area contributed by atoms with E-state index in [1.165, 1.54) is 12.5 Å². The molecule has 160 valence electrons. The minimum Gasteiger partial charge on any atom is -0.464 e. The van der Waals surface area contributed by atoms with Crippen molar-refractivity contribution in [3.63, 3.8) is 0 Å². The Morgan fingerprint density at radius 2 is 1.93 bits per heavy atom. The van der Waals surface area contributed by atoms with Crippen LogP contribution in [-0.4, -0.2) is 30.9 Å². The van der Waals surface area contributed by atoms with Gasteiger partial charge < -0.3 is 9.47 Å². The number of Topliss-reactive ketones (excluding diaryl/α,β-unsaturated/α-hetero) is 1. The Morgan fingerprint density at radius 1 is 1.14 bits per heavy atom. The molecular formula is C24H34O5. The van der Waals surface area contributed by atoms with Gasteiger partial charge >= 0.3 is 5.97 Å². The summed E-state index contributed by atoms with van der Waals surface area (Å²) in [5.74, 6) is 1.58. The van der Waals surface area contributed by atoms with Gasteiger partial charge in [-0.25, -0.2) is 0 Å². The van der Waals surface area contributed by atoms with E-state index in [0.717, 1.165) is 51.4 Å². The number of ether oxygens (including phenoxy) is 2. The Bertz CT molecular complexity index is 727. The van der Waals surface area contributed by atoms with Gasteiger partial charge in [0.1, 0.15) is 12.7 Å². The van der Waals surface area contributed by atoms with E-state index in [9.17, 15) is 14.4 Å². The molecule has 0 bridgehead atoms. The quantitative estimate of drug-likeness (QED) is 0.391. The zero-order valence-electron chi connectivity index (χ0n) is 17.9. The van der Waals surface area contributed by atoms with Crippen molar-refractivity contribution in [1.82, 2.24) is 0 Å². The molecule has 7 atom stereocenters. The predicted molar refractivity (Wildman–Crippen MR) is 108 cm³/mol. The van der Waals surface area contributed by atoms with Crippen LogP contribution in [0.1, 0.15) is 72.1 Å². The number of allylic oxidation sites excluding steroid dienone is 1. The molecular weight excluding hydrogens is 368 g/mol. The molecule has 3 fully saturated rings. The lowest BCUT2D eigenvalue weighted by Gasteiger charge is -2.58. The average Bonchev–Trinajstić information content (AvgIpc) is 3.04. The van der Waals surface area contributed by atoms with Crippen LogP contribution in [-0.2, 0) is 23.9 Å². The molecule has 0 saturated heterocycles. The van der Waals surface area contributed by atoms with Gasteiger partial charge in [0.25, 0.3) is 6.47 Å². The van der Waals surface area contributed by atoms with E-state index in [1.54, 1.807) is 0 Å². The summed E-state index contributed by atoms with van der Waals surface area (Å²) < 4.78 is 10.3. The second-order valence-corrected chi connectivity index (χ2v) is 10.3. The molecule has 4 aliphatic rings. The minimum absolute atomic E-state index is 0.0164. The maximum Gasteiger partial charge on any atom is 0.303 e. The standard InChI is InChI=1S/C24H34O5/c1-15(26)28-13-22(27)21-7-6-19-18-5-4-16-12-17(29-14-25)8-10-23(16,2)20(18)9-11-24(19,21)3/h4,14,17-21H,5-13H2,1-3H3/t17?,18-,19-,20-,21+,23-,24-/m0/s1. The van der Waals surface area contributed by atoms with Crippen molar-refractivity contribution >= 4 is 18.2 Å². The number of rotatable bonds is 5. The molecule has 0 aromatic carbocycles. The van der Waals surface area contributed by atoms with E-state index in [0.29, 0.717) is 24.2 Å². The molecule has 4 aliphatic carbocycles. The summed E-state index contributed by atoms with van der Waals surface area (Å²) in [7, 11) is 0. The molecule has 29 heavy (non-hydrogen) atoms. The molecule has 3 saturated carbocycles. The predicted octanol–water partition coefficient (Wildman–Crippen LogP) is 4.24. The van der Waals surface area contributed by atoms with Gasteiger partial charge in [0, 0.05) is 19.3 Å². The molecule has 0 amide bonds. The van der Waals surface area contributed by atoms with Crippen LogP contribution in [0, 0.1) is 34.5 Å². The first-order valence-corrected chi connectivity index (χ1v) is 11.2. The van der Waals surface area contributed by atoms with Crippen LogP contribution in [0.2, 0.25) is 0 Å². The van der Waals surface area contributed by atoms with Crippen molar-refractivity contribution in [2.24, 2.45) is 34.5 Å². The van der Waals surface area contributed by atoms with Crippen molar-refractivity contribution in [2.45, 2.75) is 78.2 Å². The lowest BCUT2D eigenvalue weighted by atomic mass is 9.47. The number of ketones is 1. The number of carbonyl (C=O) groups excluding carboxylic acids is 3. The Kier molecular flexibility index (Phi) is 5.37. The molecule has 0 radical (unpaired) electrons. The zero-order chi connectivity index (χ0) is 20.8. The van der Waals surface area contributed by atoms with Crippen molar-refractivity contribution in [3.8, 4) is 0 Å². The Hall–Kier alpha value is -1.65. The number of esters is 1. The topological polar surface area (TPSA) is 69.7 Å². The summed E-state index contributed by atoms with van der Waals surface area (Å²) in [6.45, 7) is 6.62. The molecule has 0 aromatic heterocycles. The molecule has 0 aromatic rings. The molecule has 0 N–H and O–H groups in total. The van der Waals surface area contributed by atoms with Gasteiger partial charge in [0.05, 0.1) is 0 Å². The molecule has 5 nitrogen and oxygen atoms in total. The highest BCUT2D eigenvalue weighted by Crippen LogP contribution is 2.66. The number of hydrogen-bond donors (Lipinski definition) is 0. The second-order valence-electron chi connectivity index (χ2n) is 10.3. The first-order chi connectivity index (χ1) is 13.8. The van der Waals surface area contributed by atoms with Crippen LogP contribution < -0.4 is 0 Å². The minimum atomic E-state index is -0.381. The highest BCUT2D eigenvalue weighted by molar-refractivity contribution is 5.85. The highest BCUT2D eigenvalue weighted by atomic mass is 16.5. The maximum absolute atomic E-state index is 12.8. The van der Waals surface area contributed by atoms with Gasteiger partial charge in [0.2, 0.25) is 0 Å². The summed E-state index contributed by atoms with van der Waals surface area (Å²) in [6.07, 6.45) is 10.7. The van der Waals surface area contributed by atoms with Crippen molar-refractivity contribution in [1.29, 1.82) is 0 Å². The van der Waals surface area contributed by atoms with Gasteiger partial charge in [-0.15, -0.1) is 0 Å². The summed E-state index contributed by atoms with van der Waals surface area (Å²) in [6, 6.07) is 0. The van der Waals surface area contributed by atoms with Gasteiger partial charge in [-0.1, -0.05) is 25.5 Å². The lowest BCUT2D eigenvalue weighted by molar-refractivity contribution is -0.149. The van der Waals surface area contributed by atoms with E-state index in [2.05, 4.69) is 19.9 Å². The lowest BCUT2D eigenvalue weighted by Crippen LogP contribution is -2.51. The van der Waals surface area contributed by atoms with Crippen LogP contribution >= 0.6 is 0 Å². The van der Waals surface area contributed by atoms with E-state index in [1.807, 2.05) is 0 Å². The molecule has 0 spiro atoms. The average molecular weight is 403 g/mol. The van der Waals surface area contributed by atoms with Crippen molar-refractivity contribution in [2.75, 3.05) is 6.61 Å². The zero-order valence-corrected chi connectivity index (χ0v) is 17.9. The van der Waals surface area contributed by atoms with Gasteiger partial charge in [-0.05, 0) is 73.5 Å². The second kappa shape index (κ2) is 7.55. The third kappa shape index (κ3) is 3.34. The van der Waals surface area contributed by atoms with Gasteiger partial charge in [-0.3, -0.25) is 14.4 Å². The SMILES string of the molecule is CC(=O)OCC(=O)[C@H]1CC[C@H]2[C@@H]3CC=C4CC(OC=O)CC[C@]4(C)[C@H]3CC[C@]12C. The highest BCUT2D eigenvalue weighted by Gasteiger charge is 2.59. The molecule has 5 heteroatoms. The monoisotopic (exact) mass is 402 g/mol. The third-order valence-corrected chi connectivity index (χ3v) is 9.11. The van der Waals surface area contributed by atoms with Gasteiger partial charge in [-0.2, -0.15) is 0 Å².